The largest absolute Gasteiger partial charge is 0.388 e. The van der Waals surface area contributed by atoms with Gasteiger partial charge in [0.2, 0.25) is 0 Å². The number of carbonyl (C=O) groups is 1. The zero-order valence-electron chi connectivity index (χ0n) is 10.3. The number of amides is 1. The molecule has 1 amide bonds. The Bertz CT molecular complexity index is 475. The molecule has 2 N–H and O–H groups in total. The molecular formula is C13H15ClINO3. The minimum atomic E-state index is -0.860. The van der Waals surface area contributed by atoms with Crippen LogP contribution in [0.15, 0.2) is 18.2 Å². The number of ether oxygens (including phenoxy) is 1. The summed E-state index contributed by atoms with van der Waals surface area (Å²) >= 11 is 8.09. The first kappa shape index (κ1) is 15.0. The van der Waals surface area contributed by atoms with Gasteiger partial charge in [-0.3, -0.25) is 4.79 Å². The summed E-state index contributed by atoms with van der Waals surface area (Å²) in [5.74, 6) is -0.224. The van der Waals surface area contributed by atoms with Crippen LogP contribution < -0.4 is 5.32 Å². The van der Waals surface area contributed by atoms with Crippen LogP contribution in [0.3, 0.4) is 0 Å². The molecule has 0 saturated carbocycles. The predicted molar refractivity (Wildman–Crippen MR) is 81.5 cm³/mol. The molecule has 1 aromatic carbocycles. The van der Waals surface area contributed by atoms with E-state index in [4.69, 9.17) is 16.3 Å². The number of hydrogen-bond acceptors (Lipinski definition) is 3. The van der Waals surface area contributed by atoms with Crippen molar-refractivity contribution in [1.82, 2.24) is 5.32 Å². The average Bonchev–Trinajstić information content (AvgIpc) is 2.40. The lowest BCUT2D eigenvalue weighted by Gasteiger charge is -2.32. The van der Waals surface area contributed by atoms with E-state index < -0.39 is 5.60 Å². The number of aliphatic hydroxyl groups is 1. The van der Waals surface area contributed by atoms with Crippen molar-refractivity contribution in [2.75, 3.05) is 19.8 Å². The number of hydrogen-bond donors (Lipinski definition) is 2. The van der Waals surface area contributed by atoms with Crippen LogP contribution in [0.2, 0.25) is 5.02 Å². The van der Waals surface area contributed by atoms with Crippen LogP contribution in [0.25, 0.3) is 0 Å². The fourth-order valence-corrected chi connectivity index (χ4v) is 2.43. The van der Waals surface area contributed by atoms with E-state index in [0.717, 1.165) is 3.57 Å². The molecule has 1 aliphatic heterocycles. The SMILES string of the molecule is O=C(NCC1(O)CCOCC1)c1ccc(I)c(Cl)c1. The molecule has 0 radical (unpaired) electrons. The topological polar surface area (TPSA) is 58.6 Å². The molecule has 4 nitrogen and oxygen atoms in total. The van der Waals surface area contributed by atoms with Crippen molar-refractivity contribution in [3.05, 3.63) is 32.4 Å². The van der Waals surface area contributed by atoms with Crippen molar-refractivity contribution in [3.63, 3.8) is 0 Å². The van der Waals surface area contributed by atoms with Crippen LogP contribution in [-0.2, 0) is 4.74 Å². The summed E-state index contributed by atoms with van der Waals surface area (Å²) in [5.41, 5.74) is -0.359. The third-order valence-corrected chi connectivity index (χ3v) is 4.76. The van der Waals surface area contributed by atoms with E-state index in [9.17, 15) is 9.90 Å². The van der Waals surface area contributed by atoms with Gasteiger partial charge in [-0.2, -0.15) is 0 Å². The molecule has 6 heteroatoms. The molecule has 0 aliphatic carbocycles. The summed E-state index contributed by atoms with van der Waals surface area (Å²) < 4.78 is 6.10. The van der Waals surface area contributed by atoms with Crippen molar-refractivity contribution >= 4 is 40.1 Å². The van der Waals surface area contributed by atoms with Crippen LogP contribution in [0.4, 0.5) is 0 Å². The van der Waals surface area contributed by atoms with Gasteiger partial charge in [-0.05, 0) is 40.8 Å². The zero-order chi connectivity index (χ0) is 13.9. The van der Waals surface area contributed by atoms with Crippen LogP contribution in [-0.4, -0.2) is 36.4 Å². The Morgan fingerprint density at radius 3 is 2.79 bits per heavy atom. The minimum Gasteiger partial charge on any atom is -0.388 e. The molecule has 104 valence electrons. The van der Waals surface area contributed by atoms with E-state index in [2.05, 4.69) is 27.9 Å². The minimum absolute atomic E-state index is 0.224. The van der Waals surface area contributed by atoms with Gasteiger partial charge in [0.05, 0.1) is 10.6 Å². The molecule has 1 heterocycles. The normalized spacial score (nSPS) is 18.1. The molecule has 1 aromatic rings. The second kappa shape index (κ2) is 6.39. The molecule has 1 aliphatic rings. The number of benzene rings is 1. The van der Waals surface area contributed by atoms with E-state index in [-0.39, 0.29) is 12.5 Å². The fraction of sp³-hybridized carbons (Fsp3) is 0.462. The Morgan fingerprint density at radius 2 is 2.16 bits per heavy atom. The summed E-state index contributed by atoms with van der Waals surface area (Å²) in [6.45, 7) is 1.29. The van der Waals surface area contributed by atoms with E-state index in [1.807, 2.05) is 0 Å². The Morgan fingerprint density at radius 1 is 1.47 bits per heavy atom. The Hall–Kier alpha value is -0.370. The van der Waals surface area contributed by atoms with E-state index in [1.165, 1.54) is 0 Å². The van der Waals surface area contributed by atoms with Gasteiger partial charge in [0.25, 0.3) is 5.91 Å². The maximum Gasteiger partial charge on any atom is 0.251 e. The Balaban J connectivity index is 1.95. The number of nitrogens with one attached hydrogen (secondary N) is 1. The van der Waals surface area contributed by atoms with Gasteiger partial charge < -0.3 is 15.2 Å². The van der Waals surface area contributed by atoms with E-state index >= 15 is 0 Å². The fourth-order valence-electron chi connectivity index (χ4n) is 1.91. The van der Waals surface area contributed by atoms with Crippen molar-refractivity contribution in [2.45, 2.75) is 18.4 Å². The third kappa shape index (κ3) is 4.05. The van der Waals surface area contributed by atoms with Gasteiger partial charge >= 0.3 is 0 Å². The molecule has 0 unspecified atom stereocenters. The number of rotatable bonds is 3. The Labute approximate surface area is 130 Å². The maximum atomic E-state index is 12.0. The summed E-state index contributed by atoms with van der Waals surface area (Å²) in [5, 5.41) is 13.5. The standard InChI is InChI=1S/C13H15ClINO3/c14-10-7-9(1-2-11(10)15)12(17)16-8-13(18)3-5-19-6-4-13/h1-2,7,18H,3-6,8H2,(H,16,17). The summed E-state index contributed by atoms with van der Waals surface area (Å²) in [6, 6.07) is 5.14. The molecule has 0 aromatic heterocycles. The second-order valence-electron chi connectivity index (χ2n) is 4.65. The summed E-state index contributed by atoms with van der Waals surface area (Å²) in [4.78, 5) is 12.0. The second-order valence-corrected chi connectivity index (χ2v) is 6.22. The average molecular weight is 396 g/mol. The van der Waals surface area contributed by atoms with Crippen LogP contribution >= 0.6 is 34.2 Å². The molecule has 0 bridgehead atoms. The molecule has 0 atom stereocenters. The van der Waals surface area contributed by atoms with Crippen molar-refractivity contribution in [1.29, 1.82) is 0 Å². The number of carbonyl (C=O) groups excluding carboxylic acids is 1. The molecule has 1 saturated heterocycles. The lowest BCUT2D eigenvalue weighted by molar-refractivity contribution is -0.0605. The van der Waals surface area contributed by atoms with Crippen molar-refractivity contribution in [2.24, 2.45) is 0 Å². The van der Waals surface area contributed by atoms with Gasteiger partial charge in [-0.25, -0.2) is 0 Å². The van der Waals surface area contributed by atoms with Crippen LogP contribution in [0.5, 0.6) is 0 Å². The van der Waals surface area contributed by atoms with Gasteiger partial charge in [0.15, 0.2) is 0 Å². The molecule has 19 heavy (non-hydrogen) atoms. The number of halogens is 2. The zero-order valence-corrected chi connectivity index (χ0v) is 13.2. The predicted octanol–water partition coefficient (Wildman–Crippen LogP) is 2.22. The van der Waals surface area contributed by atoms with E-state index in [1.54, 1.807) is 18.2 Å². The lowest BCUT2D eigenvalue weighted by atomic mass is 9.94. The lowest BCUT2D eigenvalue weighted by Crippen LogP contribution is -2.46. The highest BCUT2D eigenvalue weighted by Crippen LogP contribution is 2.21. The first-order chi connectivity index (χ1) is 9.00. The van der Waals surface area contributed by atoms with Gasteiger partial charge in [0.1, 0.15) is 0 Å². The van der Waals surface area contributed by atoms with Gasteiger partial charge in [-0.1, -0.05) is 11.6 Å². The smallest absolute Gasteiger partial charge is 0.251 e. The third-order valence-electron chi connectivity index (χ3n) is 3.18. The van der Waals surface area contributed by atoms with Gasteiger partial charge in [0, 0.05) is 41.7 Å². The van der Waals surface area contributed by atoms with Crippen molar-refractivity contribution in [3.8, 4) is 0 Å². The molecule has 0 spiro atoms. The van der Waals surface area contributed by atoms with Crippen molar-refractivity contribution < 1.29 is 14.6 Å². The quantitative estimate of drug-likeness (QED) is 0.772. The first-order valence-electron chi connectivity index (χ1n) is 6.04. The highest BCUT2D eigenvalue weighted by molar-refractivity contribution is 14.1. The molecular weight excluding hydrogens is 381 g/mol. The van der Waals surface area contributed by atoms with E-state index in [0.29, 0.717) is 36.6 Å². The Kier molecular flexibility index (Phi) is 5.05. The van der Waals surface area contributed by atoms with Crippen LogP contribution in [0, 0.1) is 3.57 Å². The molecule has 2 rings (SSSR count). The molecule has 1 fully saturated rings. The first-order valence-corrected chi connectivity index (χ1v) is 7.49. The summed E-state index contributed by atoms with van der Waals surface area (Å²) in [7, 11) is 0. The summed E-state index contributed by atoms with van der Waals surface area (Å²) in [6.07, 6.45) is 1.08. The van der Waals surface area contributed by atoms with Gasteiger partial charge in [-0.15, -0.1) is 0 Å². The highest BCUT2D eigenvalue weighted by atomic mass is 127. The van der Waals surface area contributed by atoms with Crippen LogP contribution in [0.1, 0.15) is 23.2 Å². The monoisotopic (exact) mass is 395 g/mol. The highest BCUT2D eigenvalue weighted by Gasteiger charge is 2.30. The maximum absolute atomic E-state index is 12.0.